The molecule has 0 bridgehead atoms. The first-order chi connectivity index (χ1) is 10.2. The quantitative estimate of drug-likeness (QED) is 0.941. The molecule has 2 aromatic rings. The summed E-state index contributed by atoms with van der Waals surface area (Å²) < 4.78 is 1.92. The molecule has 2 atom stereocenters. The number of amides is 1. The van der Waals surface area contributed by atoms with Gasteiger partial charge in [0.15, 0.2) is 0 Å². The van der Waals surface area contributed by atoms with E-state index in [0.29, 0.717) is 0 Å². The van der Waals surface area contributed by atoms with Gasteiger partial charge in [-0.25, -0.2) is 0 Å². The number of benzene rings is 1. The van der Waals surface area contributed by atoms with Crippen LogP contribution in [0.3, 0.4) is 0 Å². The molecular formula is C17H21N3O. The molecule has 21 heavy (non-hydrogen) atoms. The van der Waals surface area contributed by atoms with Crippen LogP contribution in [-0.2, 0) is 18.3 Å². The lowest BCUT2D eigenvalue weighted by Crippen LogP contribution is -2.33. The first-order valence-electron chi connectivity index (χ1n) is 7.53. The first kappa shape index (κ1) is 13.9. The second-order valence-corrected chi connectivity index (χ2v) is 5.76. The molecule has 1 aliphatic carbocycles. The number of hydrogen-bond acceptors (Lipinski definition) is 2. The maximum Gasteiger partial charge on any atom is 0.227 e. The number of carbonyl (C=O) groups excluding carboxylic acids is 1. The number of fused-ring (bicyclic) bond motifs is 1. The van der Waals surface area contributed by atoms with Crippen LogP contribution in [0, 0.1) is 0 Å². The van der Waals surface area contributed by atoms with E-state index in [2.05, 4.69) is 10.4 Å². The highest BCUT2D eigenvalue weighted by Crippen LogP contribution is 2.30. The van der Waals surface area contributed by atoms with Gasteiger partial charge in [0.05, 0.1) is 18.2 Å². The molecule has 0 saturated heterocycles. The molecule has 4 nitrogen and oxygen atoms in total. The Labute approximate surface area is 125 Å². The van der Waals surface area contributed by atoms with Crippen molar-refractivity contribution in [3.8, 4) is 0 Å². The molecule has 3 rings (SSSR count). The molecule has 1 amide bonds. The van der Waals surface area contributed by atoms with Crippen molar-refractivity contribution in [2.24, 2.45) is 7.05 Å². The lowest BCUT2D eigenvalue weighted by Gasteiger charge is -2.25. The van der Waals surface area contributed by atoms with E-state index in [-0.39, 0.29) is 17.9 Å². The molecule has 0 spiro atoms. The van der Waals surface area contributed by atoms with Crippen molar-refractivity contribution in [1.82, 2.24) is 15.1 Å². The largest absolute Gasteiger partial charge is 0.349 e. The van der Waals surface area contributed by atoms with E-state index >= 15 is 0 Å². The van der Waals surface area contributed by atoms with Crippen LogP contribution in [0.2, 0.25) is 0 Å². The van der Waals surface area contributed by atoms with Crippen molar-refractivity contribution in [3.05, 3.63) is 53.3 Å². The summed E-state index contributed by atoms with van der Waals surface area (Å²) in [5, 5.41) is 7.52. The zero-order valence-corrected chi connectivity index (χ0v) is 12.5. The first-order valence-corrected chi connectivity index (χ1v) is 7.53. The predicted octanol–water partition coefficient (Wildman–Crippen LogP) is 2.72. The summed E-state index contributed by atoms with van der Waals surface area (Å²) in [5.74, 6) is -0.0452. The Hall–Kier alpha value is -2.10. The number of carbonyl (C=O) groups is 1. The Balaban J connectivity index is 1.74. The summed E-state index contributed by atoms with van der Waals surface area (Å²) in [7, 11) is 1.97. The van der Waals surface area contributed by atoms with E-state index in [4.69, 9.17) is 0 Å². The van der Waals surface area contributed by atoms with Crippen LogP contribution in [0.1, 0.15) is 48.5 Å². The Morgan fingerprint density at radius 2 is 2.14 bits per heavy atom. The molecular weight excluding hydrogens is 262 g/mol. The van der Waals surface area contributed by atoms with Gasteiger partial charge in [-0.05, 0) is 31.7 Å². The fourth-order valence-corrected chi connectivity index (χ4v) is 3.05. The molecule has 110 valence electrons. The van der Waals surface area contributed by atoms with Gasteiger partial charge in [0.25, 0.3) is 0 Å². The average molecular weight is 283 g/mol. The van der Waals surface area contributed by atoms with Gasteiger partial charge in [-0.1, -0.05) is 30.3 Å². The van der Waals surface area contributed by atoms with Crippen LogP contribution >= 0.6 is 0 Å². The van der Waals surface area contributed by atoms with Crippen LogP contribution in [0.25, 0.3) is 0 Å². The van der Waals surface area contributed by atoms with E-state index in [1.165, 1.54) is 11.3 Å². The minimum absolute atomic E-state index is 0.0860. The number of aromatic nitrogens is 2. The van der Waals surface area contributed by atoms with Crippen LogP contribution in [0.15, 0.2) is 36.5 Å². The monoisotopic (exact) mass is 283 g/mol. The second kappa shape index (κ2) is 5.72. The third kappa shape index (κ3) is 2.71. The Morgan fingerprint density at radius 3 is 2.90 bits per heavy atom. The predicted molar refractivity (Wildman–Crippen MR) is 81.9 cm³/mol. The van der Waals surface area contributed by atoms with Crippen molar-refractivity contribution >= 4 is 5.91 Å². The summed E-state index contributed by atoms with van der Waals surface area (Å²) in [6, 6.07) is 10.0. The summed E-state index contributed by atoms with van der Waals surface area (Å²) in [4.78, 5) is 12.5. The number of aryl methyl sites for hydroxylation is 1. The van der Waals surface area contributed by atoms with Gasteiger partial charge in [0.1, 0.15) is 0 Å². The zero-order chi connectivity index (χ0) is 14.8. The number of nitrogens with one attached hydrogen (secondary N) is 1. The molecule has 0 saturated carbocycles. The van der Waals surface area contributed by atoms with Gasteiger partial charge in [-0.3, -0.25) is 9.48 Å². The molecule has 1 aromatic carbocycles. The van der Waals surface area contributed by atoms with E-state index in [9.17, 15) is 4.79 Å². The molecule has 0 unspecified atom stereocenters. The van der Waals surface area contributed by atoms with Crippen LogP contribution in [0.4, 0.5) is 0 Å². The fourth-order valence-electron chi connectivity index (χ4n) is 3.05. The molecule has 4 heteroatoms. The van der Waals surface area contributed by atoms with E-state index in [1.54, 1.807) is 0 Å². The van der Waals surface area contributed by atoms with Crippen molar-refractivity contribution in [2.45, 2.75) is 38.1 Å². The minimum Gasteiger partial charge on any atom is -0.349 e. The van der Waals surface area contributed by atoms with Crippen molar-refractivity contribution < 1.29 is 4.79 Å². The standard InChI is InChI=1S/C17H21N3O/c1-12(13-7-4-3-5-8-13)17(21)19-15-9-6-10-16-14(15)11-18-20(16)2/h3-5,7-8,11-12,15H,6,9-10H2,1-2H3,(H,19,21)/t12-,15+/m1/s1. The summed E-state index contributed by atoms with van der Waals surface area (Å²) >= 11 is 0. The Kier molecular flexibility index (Phi) is 3.78. The van der Waals surface area contributed by atoms with Gasteiger partial charge in [-0.15, -0.1) is 0 Å². The summed E-state index contributed by atoms with van der Waals surface area (Å²) in [6.45, 7) is 1.96. The Morgan fingerprint density at radius 1 is 1.38 bits per heavy atom. The van der Waals surface area contributed by atoms with Gasteiger partial charge in [0.2, 0.25) is 5.91 Å². The summed E-state index contributed by atoms with van der Waals surface area (Å²) in [6.07, 6.45) is 5.03. The topological polar surface area (TPSA) is 46.9 Å². The van der Waals surface area contributed by atoms with Crippen LogP contribution in [-0.4, -0.2) is 15.7 Å². The molecule has 1 heterocycles. The van der Waals surface area contributed by atoms with Gasteiger partial charge < -0.3 is 5.32 Å². The molecule has 0 aliphatic heterocycles. The average Bonchev–Trinajstić information content (AvgIpc) is 2.90. The van der Waals surface area contributed by atoms with Crippen molar-refractivity contribution in [2.75, 3.05) is 0 Å². The third-order valence-corrected chi connectivity index (χ3v) is 4.39. The van der Waals surface area contributed by atoms with Gasteiger partial charge >= 0.3 is 0 Å². The Bertz CT molecular complexity index is 633. The molecule has 0 fully saturated rings. The van der Waals surface area contributed by atoms with Crippen LogP contribution in [0.5, 0.6) is 0 Å². The number of nitrogens with zero attached hydrogens (tertiary/aromatic N) is 2. The number of hydrogen-bond donors (Lipinski definition) is 1. The maximum absolute atomic E-state index is 12.5. The zero-order valence-electron chi connectivity index (χ0n) is 12.5. The molecule has 1 N–H and O–H groups in total. The van der Waals surface area contributed by atoms with Crippen LogP contribution < -0.4 is 5.32 Å². The molecule has 1 aromatic heterocycles. The highest BCUT2D eigenvalue weighted by molar-refractivity contribution is 5.83. The van der Waals surface area contributed by atoms with Crippen molar-refractivity contribution in [3.63, 3.8) is 0 Å². The van der Waals surface area contributed by atoms with E-state index in [0.717, 1.165) is 24.8 Å². The number of rotatable bonds is 3. The minimum atomic E-state index is -0.131. The second-order valence-electron chi connectivity index (χ2n) is 5.76. The van der Waals surface area contributed by atoms with E-state index < -0.39 is 0 Å². The highest BCUT2D eigenvalue weighted by atomic mass is 16.1. The normalized spacial score (nSPS) is 18.9. The SMILES string of the molecule is C[C@@H](C(=O)N[C@H]1CCCc2c1cnn2C)c1ccccc1. The summed E-state index contributed by atoms with van der Waals surface area (Å²) in [5.41, 5.74) is 3.48. The van der Waals surface area contributed by atoms with Crippen molar-refractivity contribution in [1.29, 1.82) is 0 Å². The van der Waals surface area contributed by atoms with Gasteiger partial charge in [0, 0.05) is 18.3 Å². The fraction of sp³-hybridized carbons (Fsp3) is 0.412. The molecule has 0 radical (unpaired) electrons. The van der Waals surface area contributed by atoms with Gasteiger partial charge in [-0.2, -0.15) is 5.10 Å². The lowest BCUT2D eigenvalue weighted by molar-refractivity contribution is -0.123. The maximum atomic E-state index is 12.5. The highest BCUT2D eigenvalue weighted by Gasteiger charge is 2.26. The smallest absolute Gasteiger partial charge is 0.227 e. The van der Waals surface area contributed by atoms with E-state index in [1.807, 2.05) is 55.2 Å². The lowest BCUT2D eigenvalue weighted by atomic mass is 9.92. The molecule has 1 aliphatic rings. The third-order valence-electron chi connectivity index (χ3n) is 4.39.